The van der Waals surface area contributed by atoms with E-state index in [2.05, 4.69) is 15.3 Å². The van der Waals surface area contributed by atoms with Crippen molar-refractivity contribution in [3.8, 4) is 0 Å². The molecule has 6 heteroatoms. The largest absolute Gasteiger partial charge is 0.376 e. The molecule has 2 aromatic rings. The van der Waals surface area contributed by atoms with Gasteiger partial charge >= 0.3 is 0 Å². The highest BCUT2D eigenvalue weighted by atomic mass is 32.1. The first-order valence-corrected chi connectivity index (χ1v) is 8.58. The van der Waals surface area contributed by atoms with Gasteiger partial charge in [-0.25, -0.2) is 9.97 Å². The molecule has 0 radical (unpaired) electrons. The number of fused-ring (bicyclic) bond motifs is 1. The zero-order valence-electron chi connectivity index (χ0n) is 13.2. The Bertz CT molecular complexity index is 705. The number of amides is 1. The number of aromatic nitrogens is 2. The van der Waals surface area contributed by atoms with Gasteiger partial charge in [-0.3, -0.25) is 4.79 Å². The predicted octanol–water partition coefficient (Wildman–Crippen LogP) is 2.78. The van der Waals surface area contributed by atoms with E-state index in [4.69, 9.17) is 4.74 Å². The SMILES string of the molecule is CCc1nc(C)c2c(C)c(C(=O)NC[C@@H]3CCCO3)sc2n1. The molecular weight excluding hydrogens is 298 g/mol. The van der Waals surface area contributed by atoms with E-state index in [9.17, 15) is 4.79 Å². The number of carbonyl (C=O) groups excluding carboxylic acids is 1. The zero-order valence-corrected chi connectivity index (χ0v) is 14.0. The van der Waals surface area contributed by atoms with E-state index >= 15 is 0 Å². The molecule has 3 heterocycles. The summed E-state index contributed by atoms with van der Waals surface area (Å²) in [7, 11) is 0. The number of nitrogens with zero attached hydrogens (tertiary/aromatic N) is 2. The maximum absolute atomic E-state index is 12.5. The molecule has 22 heavy (non-hydrogen) atoms. The molecule has 1 amide bonds. The number of ether oxygens (including phenoxy) is 1. The molecule has 5 nitrogen and oxygen atoms in total. The monoisotopic (exact) mass is 319 g/mol. The molecule has 2 aromatic heterocycles. The first kappa shape index (κ1) is 15.4. The predicted molar refractivity (Wildman–Crippen MR) is 87.6 cm³/mol. The Labute approximate surface area is 134 Å². The van der Waals surface area contributed by atoms with Gasteiger partial charge < -0.3 is 10.1 Å². The van der Waals surface area contributed by atoms with Crippen LogP contribution in [0.3, 0.4) is 0 Å². The Balaban J connectivity index is 1.85. The fourth-order valence-electron chi connectivity index (χ4n) is 2.86. The van der Waals surface area contributed by atoms with E-state index in [0.29, 0.717) is 6.54 Å². The van der Waals surface area contributed by atoms with Crippen molar-refractivity contribution in [3.63, 3.8) is 0 Å². The minimum atomic E-state index is -0.0338. The quantitative estimate of drug-likeness (QED) is 0.941. The minimum absolute atomic E-state index is 0.0338. The summed E-state index contributed by atoms with van der Waals surface area (Å²) in [6.07, 6.45) is 3.06. The summed E-state index contributed by atoms with van der Waals surface area (Å²) in [5.41, 5.74) is 1.93. The van der Waals surface area contributed by atoms with E-state index < -0.39 is 0 Å². The van der Waals surface area contributed by atoms with Gasteiger partial charge in [0.25, 0.3) is 5.91 Å². The molecule has 0 unspecified atom stereocenters. The summed E-state index contributed by atoms with van der Waals surface area (Å²) in [4.78, 5) is 23.2. The van der Waals surface area contributed by atoms with E-state index in [1.165, 1.54) is 11.3 Å². The Morgan fingerprint density at radius 1 is 1.41 bits per heavy atom. The van der Waals surface area contributed by atoms with Crippen molar-refractivity contribution >= 4 is 27.5 Å². The van der Waals surface area contributed by atoms with Crippen LogP contribution in [0.15, 0.2) is 0 Å². The van der Waals surface area contributed by atoms with Gasteiger partial charge in [0.2, 0.25) is 0 Å². The van der Waals surface area contributed by atoms with E-state index in [1.807, 2.05) is 20.8 Å². The average molecular weight is 319 g/mol. The van der Waals surface area contributed by atoms with E-state index in [1.54, 1.807) is 0 Å². The molecule has 1 saturated heterocycles. The van der Waals surface area contributed by atoms with Crippen LogP contribution >= 0.6 is 11.3 Å². The van der Waals surface area contributed by atoms with Crippen LogP contribution in [0.25, 0.3) is 10.2 Å². The topological polar surface area (TPSA) is 64.1 Å². The smallest absolute Gasteiger partial charge is 0.261 e. The number of hydrogen-bond donors (Lipinski definition) is 1. The lowest BCUT2D eigenvalue weighted by molar-refractivity contribution is 0.0860. The molecule has 1 aliphatic rings. The molecule has 0 aromatic carbocycles. The molecule has 0 aliphatic carbocycles. The average Bonchev–Trinajstić information content (AvgIpc) is 3.12. The van der Waals surface area contributed by atoms with Crippen molar-refractivity contribution in [1.29, 1.82) is 0 Å². The van der Waals surface area contributed by atoms with Gasteiger partial charge in [0, 0.05) is 30.7 Å². The molecule has 0 bridgehead atoms. The highest BCUT2D eigenvalue weighted by Crippen LogP contribution is 2.31. The van der Waals surface area contributed by atoms with Crippen LogP contribution < -0.4 is 5.32 Å². The number of aryl methyl sites for hydroxylation is 3. The van der Waals surface area contributed by atoms with Crippen molar-refractivity contribution in [3.05, 3.63) is 22.0 Å². The number of thiophene rings is 1. The molecule has 118 valence electrons. The molecule has 0 spiro atoms. The summed E-state index contributed by atoms with van der Waals surface area (Å²) in [6.45, 7) is 7.38. The summed E-state index contributed by atoms with van der Waals surface area (Å²) in [5, 5.41) is 4.01. The van der Waals surface area contributed by atoms with Crippen molar-refractivity contribution in [1.82, 2.24) is 15.3 Å². The van der Waals surface area contributed by atoms with Gasteiger partial charge in [-0.2, -0.15) is 0 Å². The first-order valence-electron chi connectivity index (χ1n) is 7.76. The van der Waals surface area contributed by atoms with Crippen molar-refractivity contribution in [2.24, 2.45) is 0 Å². The van der Waals surface area contributed by atoms with Crippen LogP contribution in [0.2, 0.25) is 0 Å². The molecule has 1 aliphatic heterocycles. The minimum Gasteiger partial charge on any atom is -0.376 e. The van der Waals surface area contributed by atoms with Gasteiger partial charge in [0.05, 0.1) is 11.0 Å². The number of rotatable bonds is 4. The van der Waals surface area contributed by atoms with Gasteiger partial charge in [-0.1, -0.05) is 6.92 Å². The van der Waals surface area contributed by atoms with E-state index in [-0.39, 0.29) is 12.0 Å². The van der Waals surface area contributed by atoms with Gasteiger partial charge in [-0.15, -0.1) is 11.3 Å². The molecule has 1 atom stereocenters. The Morgan fingerprint density at radius 3 is 2.91 bits per heavy atom. The van der Waals surface area contributed by atoms with Crippen LogP contribution in [-0.2, 0) is 11.2 Å². The number of carbonyl (C=O) groups is 1. The molecule has 0 saturated carbocycles. The lowest BCUT2D eigenvalue weighted by Crippen LogP contribution is -2.31. The molecular formula is C16H21N3O2S. The van der Waals surface area contributed by atoms with Crippen LogP contribution in [0.5, 0.6) is 0 Å². The van der Waals surface area contributed by atoms with Crippen LogP contribution in [0.1, 0.15) is 46.5 Å². The second-order valence-electron chi connectivity index (χ2n) is 5.66. The second-order valence-corrected chi connectivity index (χ2v) is 6.66. The molecule has 1 fully saturated rings. The summed E-state index contributed by atoms with van der Waals surface area (Å²) in [5.74, 6) is 0.797. The van der Waals surface area contributed by atoms with Crippen LogP contribution in [-0.4, -0.2) is 35.1 Å². The van der Waals surface area contributed by atoms with Crippen LogP contribution in [0.4, 0.5) is 0 Å². The number of nitrogens with one attached hydrogen (secondary N) is 1. The fourth-order valence-corrected chi connectivity index (χ4v) is 4.03. The summed E-state index contributed by atoms with van der Waals surface area (Å²) < 4.78 is 5.54. The Hall–Kier alpha value is -1.53. The maximum Gasteiger partial charge on any atom is 0.261 e. The van der Waals surface area contributed by atoms with Crippen molar-refractivity contribution < 1.29 is 9.53 Å². The third-order valence-corrected chi connectivity index (χ3v) is 5.24. The zero-order chi connectivity index (χ0) is 15.7. The lowest BCUT2D eigenvalue weighted by Gasteiger charge is -2.10. The molecule has 3 rings (SSSR count). The van der Waals surface area contributed by atoms with Gasteiger partial charge in [0.15, 0.2) is 0 Å². The summed E-state index contributed by atoms with van der Waals surface area (Å²) in [6, 6.07) is 0. The van der Waals surface area contributed by atoms with Crippen molar-refractivity contribution in [2.75, 3.05) is 13.2 Å². The lowest BCUT2D eigenvalue weighted by atomic mass is 10.1. The van der Waals surface area contributed by atoms with E-state index in [0.717, 1.165) is 58.0 Å². The standard InChI is InChI=1S/C16H21N3O2S/c1-4-12-18-10(3)13-9(2)14(22-16(13)19-12)15(20)17-8-11-6-5-7-21-11/h11H,4-8H2,1-3H3,(H,17,20)/t11-/m0/s1. The third-order valence-electron chi connectivity index (χ3n) is 4.05. The van der Waals surface area contributed by atoms with Crippen molar-refractivity contribution in [2.45, 2.75) is 46.1 Å². The highest BCUT2D eigenvalue weighted by Gasteiger charge is 2.21. The number of hydrogen-bond acceptors (Lipinski definition) is 5. The second kappa shape index (κ2) is 6.30. The Kier molecular flexibility index (Phi) is 4.40. The third kappa shape index (κ3) is 2.85. The van der Waals surface area contributed by atoms with Gasteiger partial charge in [0.1, 0.15) is 10.7 Å². The maximum atomic E-state index is 12.5. The highest BCUT2D eigenvalue weighted by molar-refractivity contribution is 7.20. The molecule has 1 N–H and O–H groups in total. The van der Waals surface area contributed by atoms with Crippen LogP contribution in [0, 0.1) is 13.8 Å². The summed E-state index contributed by atoms with van der Waals surface area (Å²) >= 11 is 1.45. The Morgan fingerprint density at radius 2 is 2.23 bits per heavy atom. The normalized spacial score (nSPS) is 18.0. The first-order chi connectivity index (χ1) is 10.6. The fraction of sp³-hybridized carbons (Fsp3) is 0.562. The van der Waals surface area contributed by atoms with Gasteiger partial charge in [-0.05, 0) is 32.3 Å².